The number of aliphatic hydroxyl groups excluding tert-OH is 1. The molecule has 4 aliphatic rings. The molecule has 0 aliphatic heterocycles. The Morgan fingerprint density at radius 2 is 1.94 bits per heavy atom. The molecule has 0 aromatic heterocycles. The summed E-state index contributed by atoms with van der Waals surface area (Å²) in [4.78, 5) is 22.7. The van der Waals surface area contributed by atoms with E-state index in [-0.39, 0.29) is 24.0 Å². The summed E-state index contributed by atoms with van der Waals surface area (Å²) in [5, 5.41) is 21.4. The van der Waals surface area contributed by atoms with E-state index in [1.165, 1.54) is 37.7 Å². The lowest BCUT2D eigenvalue weighted by atomic mass is 9.47. The summed E-state index contributed by atoms with van der Waals surface area (Å²) in [6.45, 7) is 7.02. The third-order valence-electron chi connectivity index (χ3n) is 10.1. The van der Waals surface area contributed by atoms with Crippen LogP contribution in [0.3, 0.4) is 0 Å². The molecule has 3 saturated carbocycles. The van der Waals surface area contributed by atoms with Crippen LogP contribution >= 0.6 is 0 Å². The van der Waals surface area contributed by atoms with Gasteiger partial charge in [-0.05, 0) is 98.2 Å². The summed E-state index contributed by atoms with van der Waals surface area (Å²) in [5.74, 6) is 2.29. The van der Waals surface area contributed by atoms with Crippen molar-refractivity contribution < 1.29 is 19.8 Å². The number of nitrogens with one attached hydrogen (secondary N) is 1. The Kier molecular flexibility index (Phi) is 6.28. The lowest BCUT2D eigenvalue weighted by molar-refractivity contribution is -0.138. The van der Waals surface area contributed by atoms with Crippen molar-refractivity contribution in [2.45, 2.75) is 91.1 Å². The van der Waals surface area contributed by atoms with E-state index >= 15 is 0 Å². The monoisotopic (exact) mass is 431 g/mol. The molecule has 0 unspecified atom stereocenters. The average molecular weight is 432 g/mol. The van der Waals surface area contributed by atoms with Gasteiger partial charge in [0.2, 0.25) is 5.91 Å². The molecule has 0 saturated heterocycles. The van der Waals surface area contributed by atoms with E-state index in [4.69, 9.17) is 5.11 Å². The number of carbonyl (C=O) groups excluding carboxylic acids is 1. The Bertz CT molecular complexity index is 748. The quantitative estimate of drug-likeness (QED) is 0.539. The van der Waals surface area contributed by atoms with Crippen molar-refractivity contribution in [2.75, 3.05) is 6.54 Å². The highest BCUT2D eigenvalue weighted by Crippen LogP contribution is 2.67. The number of aliphatic carboxylic acids is 1. The number of hydrogen-bond acceptors (Lipinski definition) is 3. The van der Waals surface area contributed by atoms with Crippen LogP contribution in [-0.2, 0) is 9.59 Å². The van der Waals surface area contributed by atoms with Gasteiger partial charge in [0.15, 0.2) is 0 Å². The fourth-order valence-corrected chi connectivity index (χ4v) is 8.44. The molecule has 4 rings (SSSR count). The van der Waals surface area contributed by atoms with Crippen LogP contribution in [0.5, 0.6) is 0 Å². The predicted octanol–water partition coefficient (Wildman–Crippen LogP) is 4.54. The number of fused-ring (bicyclic) bond motifs is 5. The fraction of sp³-hybridized carbons (Fsp3) is 0.846. The Morgan fingerprint density at radius 1 is 1.16 bits per heavy atom. The molecule has 0 radical (unpaired) electrons. The van der Waals surface area contributed by atoms with E-state index in [1.54, 1.807) is 0 Å². The summed E-state index contributed by atoms with van der Waals surface area (Å²) < 4.78 is 0. The largest absolute Gasteiger partial charge is 0.480 e. The number of amides is 1. The van der Waals surface area contributed by atoms with Gasteiger partial charge in [0.1, 0.15) is 6.54 Å². The molecule has 5 heteroatoms. The van der Waals surface area contributed by atoms with Crippen molar-refractivity contribution in [1.29, 1.82) is 0 Å². The lowest BCUT2D eigenvalue weighted by Gasteiger charge is -2.58. The molecule has 8 atom stereocenters. The van der Waals surface area contributed by atoms with Crippen LogP contribution in [0.1, 0.15) is 85.0 Å². The molecular formula is C26H41NO4. The van der Waals surface area contributed by atoms with E-state index in [9.17, 15) is 14.7 Å². The molecule has 31 heavy (non-hydrogen) atoms. The first-order valence-electron chi connectivity index (χ1n) is 12.5. The van der Waals surface area contributed by atoms with Gasteiger partial charge in [0, 0.05) is 6.42 Å². The van der Waals surface area contributed by atoms with Crippen LogP contribution in [0.25, 0.3) is 0 Å². The Hall–Kier alpha value is -1.36. The van der Waals surface area contributed by atoms with Gasteiger partial charge in [0.25, 0.3) is 0 Å². The molecule has 3 N–H and O–H groups in total. The second-order valence-electron chi connectivity index (χ2n) is 11.6. The third-order valence-corrected chi connectivity index (χ3v) is 10.1. The number of allylic oxidation sites excluding steroid dienone is 1. The molecule has 4 aliphatic carbocycles. The Morgan fingerprint density at radius 3 is 2.68 bits per heavy atom. The smallest absolute Gasteiger partial charge is 0.322 e. The zero-order valence-corrected chi connectivity index (χ0v) is 19.5. The Labute approximate surface area is 187 Å². The highest BCUT2D eigenvalue weighted by atomic mass is 16.4. The SMILES string of the molecule is C[C@H](CCC(=O)NCC(=O)O)[C@H]1CC[C@H]2[C@@H]3CC=C4C[C@@H](O)CC[C@]4(C)[C@H]3CC[C@]12C. The minimum Gasteiger partial charge on any atom is -0.480 e. The van der Waals surface area contributed by atoms with Crippen molar-refractivity contribution in [3.8, 4) is 0 Å². The summed E-state index contributed by atoms with van der Waals surface area (Å²) in [7, 11) is 0. The normalized spacial score (nSPS) is 42.6. The number of aliphatic hydroxyl groups is 1. The molecule has 5 nitrogen and oxygen atoms in total. The predicted molar refractivity (Wildman–Crippen MR) is 120 cm³/mol. The Balaban J connectivity index is 1.42. The minimum absolute atomic E-state index is 0.144. The van der Waals surface area contributed by atoms with Gasteiger partial charge in [-0.2, -0.15) is 0 Å². The van der Waals surface area contributed by atoms with Gasteiger partial charge in [-0.1, -0.05) is 32.4 Å². The van der Waals surface area contributed by atoms with E-state index in [0.717, 1.165) is 43.4 Å². The average Bonchev–Trinajstić information content (AvgIpc) is 3.08. The van der Waals surface area contributed by atoms with Crippen molar-refractivity contribution >= 4 is 11.9 Å². The highest BCUT2D eigenvalue weighted by Gasteiger charge is 2.59. The maximum Gasteiger partial charge on any atom is 0.322 e. The molecule has 1 amide bonds. The van der Waals surface area contributed by atoms with Crippen LogP contribution in [0.15, 0.2) is 11.6 Å². The van der Waals surface area contributed by atoms with Gasteiger partial charge in [-0.25, -0.2) is 0 Å². The first-order valence-corrected chi connectivity index (χ1v) is 12.5. The first kappa shape index (κ1) is 22.8. The molecule has 0 aromatic rings. The van der Waals surface area contributed by atoms with Crippen LogP contribution < -0.4 is 5.32 Å². The highest BCUT2D eigenvalue weighted by molar-refractivity contribution is 5.81. The molecule has 0 heterocycles. The van der Waals surface area contributed by atoms with Gasteiger partial charge in [-0.15, -0.1) is 0 Å². The number of rotatable bonds is 6. The van der Waals surface area contributed by atoms with Crippen LogP contribution in [0, 0.1) is 40.4 Å². The lowest BCUT2D eigenvalue weighted by Crippen LogP contribution is -2.50. The van der Waals surface area contributed by atoms with E-state index in [0.29, 0.717) is 23.7 Å². The summed E-state index contributed by atoms with van der Waals surface area (Å²) in [6, 6.07) is 0. The number of carboxylic acids is 1. The number of carbonyl (C=O) groups is 2. The van der Waals surface area contributed by atoms with E-state index in [2.05, 4.69) is 32.2 Å². The third kappa shape index (κ3) is 4.07. The standard InChI is InChI=1S/C26H41NO4/c1-16(4-9-23(29)27-15-24(30)31)20-7-8-21-19-6-5-17-14-18(28)10-12-25(17,2)22(19)11-13-26(20,21)3/h5,16,18-22,28H,4,6-15H2,1-3H3,(H,27,29)(H,30,31)/t16-,18+,19+,20-,21+,22+,25+,26-/m1/s1. The second-order valence-corrected chi connectivity index (χ2v) is 11.6. The second kappa shape index (κ2) is 8.53. The molecule has 0 spiro atoms. The summed E-state index contributed by atoms with van der Waals surface area (Å²) in [6.07, 6.45) is 12.9. The first-order chi connectivity index (χ1) is 14.6. The number of carboxylic acid groups (broad SMARTS) is 1. The van der Waals surface area contributed by atoms with Crippen LogP contribution in [-0.4, -0.2) is 34.7 Å². The van der Waals surface area contributed by atoms with Gasteiger partial charge < -0.3 is 15.5 Å². The molecule has 3 fully saturated rings. The maximum atomic E-state index is 12.0. The molecule has 0 bridgehead atoms. The van der Waals surface area contributed by atoms with Crippen LogP contribution in [0.2, 0.25) is 0 Å². The topological polar surface area (TPSA) is 86.6 Å². The number of hydrogen-bond donors (Lipinski definition) is 3. The summed E-state index contributed by atoms with van der Waals surface area (Å²) in [5.41, 5.74) is 2.18. The summed E-state index contributed by atoms with van der Waals surface area (Å²) >= 11 is 0. The molecular weight excluding hydrogens is 390 g/mol. The minimum atomic E-state index is -0.991. The maximum absolute atomic E-state index is 12.0. The van der Waals surface area contributed by atoms with E-state index < -0.39 is 5.97 Å². The van der Waals surface area contributed by atoms with Crippen molar-refractivity contribution in [1.82, 2.24) is 5.32 Å². The zero-order chi connectivity index (χ0) is 22.4. The fourth-order valence-electron chi connectivity index (χ4n) is 8.44. The van der Waals surface area contributed by atoms with Crippen molar-refractivity contribution in [3.05, 3.63) is 11.6 Å². The molecule has 0 aromatic carbocycles. The van der Waals surface area contributed by atoms with Crippen molar-refractivity contribution in [3.63, 3.8) is 0 Å². The van der Waals surface area contributed by atoms with Crippen molar-refractivity contribution in [2.24, 2.45) is 40.4 Å². The van der Waals surface area contributed by atoms with Gasteiger partial charge >= 0.3 is 5.97 Å². The van der Waals surface area contributed by atoms with Gasteiger partial charge in [0.05, 0.1) is 6.10 Å². The zero-order valence-electron chi connectivity index (χ0n) is 19.5. The van der Waals surface area contributed by atoms with Crippen LogP contribution in [0.4, 0.5) is 0 Å². The molecule has 174 valence electrons. The van der Waals surface area contributed by atoms with E-state index in [1.807, 2.05) is 0 Å². The van der Waals surface area contributed by atoms with Gasteiger partial charge in [-0.3, -0.25) is 9.59 Å².